The Hall–Kier alpha value is -0.0800. The predicted molar refractivity (Wildman–Crippen MR) is 72.7 cm³/mol. The van der Waals surface area contributed by atoms with Crippen LogP contribution < -0.4 is 0 Å². The molecule has 0 aliphatic carbocycles. The molecule has 0 radical (unpaired) electrons. The number of benzene rings is 1. The summed E-state index contributed by atoms with van der Waals surface area (Å²) in [6, 6.07) is 10.8. The monoisotopic (exact) mass is 238 g/mol. The van der Waals surface area contributed by atoms with E-state index in [-0.39, 0.29) is 0 Å². The maximum atomic E-state index is 2.41. The standard InChI is InChI=1S/C13H18S2/c1-13(14-10-5-11-15-13)9-8-12-6-3-2-4-7-12/h2-4,6-7H,5,8-11H2,1H3. The normalized spacial score (nSPS) is 20.1. The van der Waals surface area contributed by atoms with Gasteiger partial charge in [-0.2, -0.15) is 0 Å². The van der Waals surface area contributed by atoms with Crippen LogP contribution >= 0.6 is 23.5 Å². The lowest BCUT2D eigenvalue weighted by Crippen LogP contribution is -2.21. The third-order valence-corrected chi connectivity index (χ3v) is 6.14. The Labute approximate surface area is 101 Å². The largest absolute Gasteiger partial charge is 0.144 e. The molecule has 1 aliphatic rings. The molecular weight excluding hydrogens is 220 g/mol. The highest BCUT2D eigenvalue weighted by atomic mass is 32.2. The van der Waals surface area contributed by atoms with Crippen molar-refractivity contribution in [2.75, 3.05) is 11.5 Å². The SMILES string of the molecule is CC1(CCc2ccccc2)SCCCS1. The van der Waals surface area contributed by atoms with Gasteiger partial charge in [0.2, 0.25) is 0 Å². The fraction of sp³-hybridized carbons (Fsp3) is 0.538. The number of thioether (sulfide) groups is 2. The molecule has 0 amide bonds. The zero-order valence-corrected chi connectivity index (χ0v) is 10.9. The van der Waals surface area contributed by atoms with Gasteiger partial charge in [-0.15, -0.1) is 23.5 Å². The Morgan fingerprint density at radius 2 is 1.80 bits per heavy atom. The van der Waals surface area contributed by atoms with Gasteiger partial charge in [0.25, 0.3) is 0 Å². The van der Waals surface area contributed by atoms with Gasteiger partial charge >= 0.3 is 0 Å². The Morgan fingerprint density at radius 3 is 2.47 bits per heavy atom. The van der Waals surface area contributed by atoms with Gasteiger partial charge < -0.3 is 0 Å². The molecule has 1 aromatic rings. The number of rotatable bonds is 3. The summed E-state index contributed by atoms with van der Waals surface area (Å²) >= 11 is 4.30. The lowest BCUT2D eigenvalue weighted by atomic mass is 10.1. The van der Waals surface area contributed by atoms with E-state index in [2.05, 4.69) is 60.8 Å². The van der Waals surface area contributed by atoms with E-state index in [1.54, 1.807) is 0 Å². The van der Waals surface area contributed by atoms with E-state index in [1.807, 2.05) is 0 Å². The first-order valence-electron chi connectivity index (χ1n) is 5.60. The fourth-order valence-corrected chi connectivity index (χ4v) is 4.79. The van der Waals surface area contributed by atoms with E-state index in [0.29, 0.717) is 4.08 Å². The van der Waals surface area contributed by atoms with Crippen molar-refractivity contribution in [3.8, 4) is 0 Å². The molecular formula is C13H18S2. The Balaban J connectivity index is 1.87. The molecule has 0 spiro atoms. The van der Waals surface area contributed by atoms with Crippen LogP contribution in [0.3, 0.4) is 0 Å². The average molecular weight is 238 g/mol. The van der Waals surface area contributed by atoms with Crippen molar-refractivity contribution >= 4 is 23.5 Å². The van der Waals surface area contributed by atoms with Gasteiger partial charge in [-0.1, -0.05) is 30.3 Å². The quantitative estimate of drug-likeness (QED) is 0.774. The van der Waals surface area contributed by atoms with Gasteiger partial charge in [-0.3, -0.25) is 0 Å². The van der Waals surface area contributed by atoms with Crippen molar-refractivity contribution in [3.63, 3.8) is 0 Å². The molecule has 0 aromatic heterocycles. The topological polar surface area (TPSA) is 0 Å². The Bertz CT molecular complexity index is 289. The van der Waals surface area contributed by atoms with E-state index in [4.69, 9.17) is 0 Å². The molecule has 1 saturated heterocycles. The fourth-order valence-electron chi connectivity index (χ4n) is 1.84. The number of hydrogen-bond donors (Lipinski definition) is 0. The van der Waals surface area contributed by atoms with E-state index < -0.39 is 0 Å². The molecule has 1 aromatic carbocycles. The van der Waals surface area contributed by atoms with Crippen LogP contribution in [0.5, 0.6) is 0 Å². The van der Waals surface area contributed by atoms with Gasteiger partial charge in [-0.05, 0) is 43.3 Å². The van der Waals surface area contributed by atoms with Crippen molar-refractivity contribution < 1.29 is 0 Å². The molecule has 0 saturated carbocycles. The Morgan fingerprint density at radius 1 is 1.13 bits per heavy atom. The van der Waals surface area contributed by atoms with E-state index in [0.717, 1.165) is 0 Å². The van der Waals surface area contributed by atoms with Gasteiger partial charge in [-0.25, -0.2) is 0 Å². The molecule has 1 aliphatic heterocycles. The molecule has 2 heteroatoms. The lowest BCUT2D eigenvalue weighted by molar-refractivity contribution is 0.759. The second kappa shape index (κ2) is 5.31. The molecule has 1 fully saturated rings. The highest BCUT2D eigenvalue weighted by Gasteiger charge is 2.27. The first-order chi connectivity index (χ1) is 7.29. The highest BCUT2D eigenvalue weighted by Crippen LogP contribution is 2.44. The smallest absolute Gasteiger partial charge is 0.0586 e. The van der Waals surface area contributed by atoms with Crippen LogP contribution in [0.15, 0.2) is 30.3 Å². The molecule has 1 heterocycles. The summed E-state index contributed by atoms with van der Waals surface area (Å²) in [5, 5.41) is 0. The van der Waals surface area contributed by atoms with Gasteiger partial charge in [0.1, 0.15) is 0 Å². The predicted octanol–water partition coefficient (Wildman–Crippen LogP) is 4.21. The highest BCUT2D eigenvalue weighted by molar-refractivity contribution is 8.18. The van der Waals surface area contributed by atoms with Crippen LogP contribution in [-0.4, -0.2) is 15.6 Å². The van der Waals surface area contributed by atoms with Crippen LogP contribution in [0, 0.1) is 0 Å². The van der Waals surface area contributed by atoms with Crippen LogP contribution in [0.4, 0.5) is 0 Å². The first-order valence-corrected chi connectivity index (χ1v) is 7.57. The third kappa shape index (κ3) is 3.46. The summed E-state index contributed by atoms with van der Waals surface area (Å²) in [5.41, 5.74) is 1.48. The van der Waals surface area contributed by atoms with Gasteiger partial charge in [0, 0.05) is 0 Å². The van der Waals surface area contributed by atoms with Gasteiger partial charge in [0.05, 0.1) is 4.08 Å². The number of hydrogen-bond acceptors (Lipinski definition) is 2. The number of aryl methyl sites for hydroxylation is 1. The molecule has 15 heavy (non-hydrogen) atoms. The van der Waals surface area contributed by atoms with E-state index >= 15 is 0 Å². The van der Waals surface area contributed by atoms with Gasteiger partial charge in [0.15, 0.2) is 0 Å². The van der Waals surface area contributed by atoms with E-state index in [1.165, 1.54) is 36.3 Å². The molecule has 2 rings (SSSR count). The first kappa shape index (κ1) is 11.4. The summed E-state index contributed by atoms with van der Waals surface area (Å²) in [7, 11) is 0. The van der Waals surface area contributed by atoms with Crippen LogP contribution in [0.2, 0.25) is 0 Å². The van der Waals surface area contributed by atoms with Crippen molar-refractivity contribution in [1.82, 2.24) is 0 Å². The molecule has 82 valence electrons. The summed E-state index contributed by atoms with van der Waals surface area (Å²) in [5.74, 6) is 2.69. The minimum absolute atomic E-state index is 0.466. The van der Waals surface area contributed by atoms with Crippen LogP contribution in [0.25, 0.3) is 0 Å². The zero-order chi connectivity index (χ0) is 10.6. The third-order valence-electron chi connectivity index (χ3n) is 2.81. The molecule has 0 bridgehead atoms. The summed E-state index contributed by atoms with van der Waals surface area (Å²) in [6.45, 7) is 2.41. The van der Waals surface area contributed by atoms with E-state index in [9.17, 15) is 0 Å². The second-order valence-electron chi connectivity index (χ2n) is 4.17. The van der Waals surface area contributed by atoms with Crippen LogP contribution in [0.1, 0.15) is 25.3 Å². The van der Waals surface area contributed by atoms with Crippen molar-refractivity contribution in [1.29, 1.82) is 0 Å². The van der Waals surface area contributed by atoms with Crippen molar-refractivity contribution in [3.05, 3.63) is 35.9 Å². The van der Waals surface area contributed by atoms with Crippen LogP contribution in [-0.2, 0) is 6.42 Å². The summed E-state index contributed by atoms with van der Waals surface area (Å²) < 4.78 is 0.466. The summed E-state index contributed by atoms with van der Waals surface area (Å²) in [6.07, 6.45) is 3.90. The minimum Gasteiger partial charge on any atom is -0.144 e. The second-order valence-corrected chi connectivity index (χ2v) is 7.62. The molecule has 0 N–H and O–H groups in total. The maximum absolute atomic E-state index is 2.41. The van der Waals surface area contributed by atoms with Crippen molar-refractivity contribution in [2.45, 2.75) is 30.3 Å². The minimum atomic E-state index is 0.466. The van der Waals surface area contributed by atoms with Crippen molar-refractivity contribution in [2.24, 2.45) is 0 Å². The lowest BCUT2D eigenvalue weighted by Gasteiger charge is -2.32. The molecule has 0 unspecified atom stereocenters. The molecule has 0 atom stereocenters. The molecule has 0 nitrogen and oxygen atoms in total. The average Bonchev–Trinajstić information content (AvgIpc) is 2.29. The summed E-state index contributed by atoms with van der Waals surface area (Å²) in [4.78, 5) is 0. The zero-order valence-electron chi connectivity index (χ0n) is 9.24. The Kier molecular flexibility index (Phi) is 4.04. The maximum Gasteiger partial charge on any atom is 0.0586 e.